The highest BCUT2D eigenvalue weighted by molar-refractivity contribution is 7.13. The Hall–Kier alpha value is -1.79. The van der Waals surface area contributed by atoms with Gasteiger partial charge in [-0.1, -0.05) is 23.7 Å². The van der Waals surface area contributed by atoms with Gasteiger partial charge < -0.3 is 15.5 Å². The van der Waals surface area contributed by atoms with Crippen LogP contribution in [0.2, 0.25) is 5.02 Å². The maximum Gasteiger partial charge on any atom is 0.191 e. The number of anilines is 1. The van der Waals surface area contributed by atoms with E-state index in [0.717, 1.165) is 53.4 Å². The van der Waals surface area contributed by atoms with Gasteiger partial charge in [0.25, 0.3) is 0 Å². The number of aliphatic imine (C=N–C) groups is 1. The highest BCUT2D eigenvalue weighted by atomic mass is 35.5. The van der Waals surface area contributed by atoms with Gasteiger partial charge >= 0.3 is 0 Å². The van der Waals surface area contributed by atoms with Crippen molar-refractivity contribution in [3.05, 3.63) is 45.9 Å². The van der Waals surface area contributed by atoms with Crippen LogP contribution in [-0.4, -0.2) is 37.6 Å². The van der Waals surface area contributed by atoms with Crippen LogP contribution in [0.25, 0.3) is 0 Å². The molecule has 7 heteroatoms. The van der Waals surface area contributed by atoms with E-state index in [1.165, 1.54) is 12.8 Å². The molecule has 0 aliphatic carbocycles. The van der Waals surface area contributed by atoms with E-state index in [-0.39, 0.29) is 6.04 Å². The SMILES string of the molecule is CN=C(NCCc1csc(N2CCCC2)n1)NC(C)c1cccc(Cl)c1. The number of aromatic nitrogens is 1. The number of halogens is 1. The Labute approximate surface area is 164 Å². The second-order valence-corrected chi connectivity index (χ2v) is 7.76. The maximum absolute atomic E-state index is 6.08. The number of rotatable bonds is 6. The van der Waals surface area contributed by atoms with Crippen LogP contribution in [0.1, 0.15) is 37.1 Å². The summed E-state index contributed by atoms with van der Waals surface area (Å²) < 4.78 is 0. The summed E-state index contributed by atoms with van der Waals surface area (Å²) in [7, 11) is 1.79. The van der Waals surface area contributed by atoms with Gasteiger partial charge in [0.1, 0.15) is 0 Å². The first-order chi connectivity index (χ1) is 12.7. The molecule has 1 aromatic heterocycles. The fraction of sp³-hybridized carbons (Fsp3) is 0.474. The van der Waals surface area contributed by atoms with Crippen molar-refractivity contribution < 1.29 is 0 Å². The quantitative estimate of drug-likeness (QED) is 0.579. The van der Waals surface area contributed by atoms with E-state index in [1.807, 2.05) is 18.2 Å². The number of thiazole rings is 1. The number of hydrogen-bond acceptors (Lipinski definition) is 4. The predicted octanol–water partition coefficient (Wildman–Crippen LogP) is 3.87. The molecule has 1 saturated heterocycles. The molecule has 1 fully saturated rings. The number of benzene rings is 1. The van der Waals surface area contributed by atoms with Gasteiger partial charge in [0.2, 0.25) is 0 Å². The molecule has 2 heterocycles. The summed E-state index contributed by atoms with van der Waals surface area (Å²) in [6.07, 6.45) is 3.45. The van der Waals surface area contributed by atoms with Crippen LogP contribution in [0.5, 0.6) is 0 Å². The lowest BCUT2D eigenvalue weighted by Crippen LogP contribution is -2.39. The van der Waals surface area contributed by atoms with E-state index < -0.39 is 0 Å². The molecule has 2 N–H and O–H groups in total. The molecule has 0 bridgehead atoms. The van der Waals surface area contributed by atoms with Gasteiger partial charge in [0, 0.05) is 43.5 Å². The van der Waals surface area contributed by atoms with Crippen LogP contribution in [0, 0.1) is 0 Å². The standard InChI is InChI=1S/C19H26ClN5S/c1-14(15-6-5-7-16(20)12-15)23-18(21-2)22-9-8-17-13-26-19(24-17)25-10-3-4-11-25/h5-7,12-14H,3-4,8-11H2,1-2H3,(H2,21,22,23). The van der Waals surface area contributed by atoms with E-state index >= 15 is 0 Å². The van der Waals surface area contributed by atoms with Gasteiger partial charge in [-0.05, 0) is 37.5 Å². The lowest BCUT2D eigenvalue weighted by Gasteiger charge is -2.18. The molecule has 1 aliphatic heterocycles. The van der Waals surface area contributed by atoms with Crippen LogP contribution in [0.4, 0.5) is 5.13 Å². The van der Waals surface area contributed by atoms with Crippen molar-refractivity contribution in [2.45, 2.75) is 32.2 Å². The van der Waals surface area contributed by atoms with Crippen molar-refractivity contribution in [1.82, 2.24) is 15.6 Å². The first-order valence-corrected chi connectivity index (χ1v) is 10.3. The zero-order valence-electron chi connectivity index (χ0n) is 15.3. The van der Waals surface area contributed by atoms with Crippen LogP contribution in [0.3, 0.4) is 0 Å². The van der Waals surface area contributed by atoms with Crippen molar-refractivity contribution >= 4 is 34.0 Å². The molecule has 140 valence electrons. The third kappa shape index (κ3) is 5.11. The lowest BCUT2D eigenvalue weighted by atomic mass is 10.1. The molecule has 1 aliphatic rings. The number of nitrogens with one attached hydrogen (secondary N) is 2. The van der Waals surface area contributed by atoms with Crippen LogP contribution < -0.4 is 15.5 Å². The third-order valence-electron chi connectivity index (χ3n) is 4.52. The van der Waals surface area contributed by atoms with Gasteiger partial charge in [0.15, 0.2) is 11.1 Å². The van der Waals surface area contributed by atoms with Gasteiger partial charge in [0.05, 0.1) is 11.7 Å². The molecular formula is C19H26ClN5S. The second kappa shape index (κ2) is 9.24. The van der Waals surface area contributed by atoms with Gasteiger partial charge in [-0.2, -0.15) is 0 Å². The number of hydrogen-bond donors (Lipinski definition) is 2. The molecule has 0 spiro atoms. The monoisotopic (exact) mass is 391 g/mol. The average molecular weight is 392 g/mol. The largest absolute Gasteiger partial charge is 0.356 e. The minimum absolute atomic E-state index is 0.126. The Bertz CT molecular complexity index is 739. The highest BCUT2D eigenvalue weighted by Crippen LogP contribution is 2.24. The Morgan fingerprint density at radius 3 is 2.92 bits per heavy atom. The van der Waals surface area contributed by atoms with Crippen molar-refractivity contribution in [2.75, 3.05) is 31.6 Å². The van der Waals surface area contributed by atoms with Gasteiger partial charge in [-0.25, -0.2) is 4.98 Å². The minimum Gasteiger partial charge on any atom is -0.356 e. The molecule has 5 nitrogen and oxygen atoms in total. The second-order valence-electron chi connectivity index (χ2n) is 6.49. The highest BCUT2D eigenvalue weighted by Gasteiger charge is 2.15. The molecule has 1 unspecified atom stereocenters. The molecule has 1 atom stereocenters. The fourth-order valence-electron chi connectivity index (χ4n) is 3.03. The first-order valence-electron chi connectivity index (χ1n) is 9.07. The Morgan fingerprint density at radius 2 is 2.19 bits per heavy atom. The van der Waals surface area contributed by atoms with Crippen LogP contribution in [0.15, 0.2) is 34.6 Å². The van der Waals surface area contributed by atoms with Crippen LogP contribution in [-0.2, 0) is 6.42 Å². The summed E-state index contributed by atoms with van der Waals surface area (Å²) in [5, 5.41) is 10.8. The third-order valence-corrected chi connectivity index (χ3v) is 5.70. The average Bonchev–Trinajstić information content (AvgIpc) is 3.32. The molecule has 0 radical (unpaired) electrons. The van der Waals surface area contributed by atoms with E-state index in [2.05, 4.69) is 38.9 Å². The fourth-order valence-corrected chi connectivity index (χ4v) is 4.15. The van der Waals surface area contributed by atoms with Crippen molar-refractivity contribution in [1.29, 1.82) is 0 Å². The normalized spacial score (nSPS) is 16.0. The minimum atomic E-state index is 0.126. The Balaban J connectivity index is 1.47. The van der Waals surface area contributed by atoms with Crippen LogP contribution >= 0.6 is 22.9 Å². The topological polar surface area (TPSA) is 52.6 Å². The molecule has 0 saturated carbocycles. The summed E-state index contributed by atoms with van der Waals surface area (Å²) in [6.45, 7) is 5.18. The molecule has 1 aromatic carbocycles. The lowest BCUT2D eigenvalue weighted by molar-refractivity contribution is 0.683. The summed E-state index contributed by atoms with van der Waals surface area (Å²) in [4.78, 5) is 11.5. The summed E-state index contributed by atoms with van der Waals surface area (Å²) in [5.74, 6) is 0.785. The molecular weight excluding hydrogens is 366 g/mol. The summed E-state index contributed by atoms with van der Waals surface area (Å²) in [5.41, 5.74) is 2.28. The molecule has 2 aromatic rings. The predicted molar refractivity (Wildman–Crippen MR) is 112 cm³/mol. The molecule has 3 rings (SSSR count). The van der Waals surface area contributed by atoms with Crippen molar-refractivity contribution in [3.8, 4) is 0 Å². The summed E-state index contributed by atoms with van der Waals surface area (Å²) in [6, 6.07) is 8.01. The first kappa shape index (κ1) is 19.0. The molecule has 0 amide bonds. The van der Waals surface area contributed by atoms with E-state index in [0.29, 0.717) is 0 Å². The van der Waals surface area contributed by atoms with E-state index in [9.17, 15) is 0 Å². The maximum atomic E-state index is 6.08. The molecule has 26 heavy (non-hydrogen) atoms. The van der Waals surface area contributed by atoms with E-state index in [4.69, 9.17) is 16.6 Å². The Morgan fingerprint density at radius 1 is 1.38 bits per heavy atom. The zero-order chi connectivity index (χ0) is 18.4. The van der Waals surface area contributed by atoms with Gasteiger partial charge in [-0.15, -0.1) is 11.3 Å². The van der Waals surface area contributed by atoms with Gasteiger partial charge in [-0.3, -0.25) is 4.99 Å². The van der Waals surface area contributed by atoms with Crippen molar-refractivity contribution in [2.24, 2.45) is 4.99 Å². The van der Waals surface area contributed by atoms with Crippen molar-refractivity contribution in [3.63, 3.8) is 0 Å². The zero-order valence-corrected chi connectivity index (χ0v) is 16.9. The number of guanidine groups is 1. The van der Waals surface area contributed by atoms with E-state index in [1.54, 1.807) is 18.4 Å². The summed E-state index contributed by atoms with van der Waals surface area (Å²) >= 11 is 7.83. The Kier molecular flexibility index (Phi) is 6.74. The number of nitrogens with zero attached hydrogens (tertiary/aromatic N) is 3. The smallest absolute Gasteiger partial charge is 0.191 e.